The van der Waals surface area contributed by atoms with Crippen LogP contribution in [0.15, 0.2) is 36.4 Å². The first-order valence-electron chi connectivity index (χ1n) is 35.3. The summed E-state index contributed by atoms with van der Waals surface area (Å²) in [5.74, 6) is -16.4. The van der Waals surface area contributed by atoms with Gasteiger partial charge < -0.3 is 60.0 Å². The molecule has 570 valence electrons. The largest absolute Gasteiger partial charge is 0.422 e. The molecule has 3 N–H and O–H groups in total. The third kappa shape index (κ3) is 20.3. The van der Waals surface area contributed by atoms with Crippen molar-refractivity contribution >= 4 is 70.9 Å². The van der Waals surface area contributed by atoms with Gasteiger partial charge in [-0.15, -0.1) is 0 Å². The standard InChI is InChI=1S/C71H98F8N12O12/c1-11-43(3)59-66(101)85(6)40-56(94)83(4)41-57(95)86(7)51(36-44-25-23-42(2)24-26-44)64(99)84(5)39-54(92)80-49(28-27-45-34-47(72)58(48(73)35-45)71(77,78)79)63(98)91-33-19-22-50(91)62(97)82-69(29-15-16-30-69)68(103)89(10)60(46-20-13-12-14-21-46)67(102)88(9)52(65(100)90-31-17-18-32-90)37-55(93)87(8)53(61(96)81-59)38-70(74,75)76/h23-26,34-35,43,46,49-53,59-60H,11-22,27-33,36-41H2,1-10H3,(H,80,92)(H,81,96)(H,82,97)/t43-,49-,50?,51-,52-,53-,59-,60-/m0/s1. The van der Waals surface area contributed by atoms with Crippen molar-refractivity contribution in [2.45, 2.75) is 203 Å². The molecule has 5 fully saturated rings. The fourth-order valence-electron chi connectivity index (χ4n) is 14.7. The lowest BCUT2D eigenvalue weighted by molar-refractivity contribution is -0.163. The number of benzene rings is 2. The molecule has 3 aliphatic heterocycles. The zero-order chi connectivity index (χ0) is 76.3. The number of carbonyl (C=O) groups is 12. The van der Waals surface area contributed by atoms with Crippen LogP contribution in [0.1, 0.15) is 145 Å². The van der Waals surface area contributed by atoms with E-state index < -0.39 is 205 Å². The van der Waals surface area contributed by atoms with Gasteiger partial charge in [0.1, 0.15) is 65.0 Å². The van der Waals surface area contributed by atoms with E-state index in [9.17, 15) is 64.7 Å². The lowest BCUT2D eigenvalue weighted by Gasteiger charge is -2.43. The normalized spacial score (nSPS) is 25.4. The lowest BCUT2D eigenvalue weighted by atomic mass is 9.81. The molecule has 0 aromatic heterocycles. The first kappa shape index (κ1) is 81.8. The zero-order valence-corrected chi connectivity index (χ0v) is 60.3. The molecule has 0 radical (unpaired) electrons. The van der Waals surface area contributed by atoms with Crippen LogP contribution in [0, 0.1) is 30.4 Å². The topological polar surface area (TPSA) is 270 Å². The highest BCUT2D eigenvalue weighted by Crippen LogP contribution is 2.38. The molecule has 3 heterocycles. The van der Waals surface area contributed by atoms with E-state index in [2.05, 4.69) is 16.0 Å². The molecule has 7 rings (SSSR count). The second kappa shape index (κ2) is 34.9. The molecule has 103 heavy (non-hydrogen) atoms. The fraction of sp³-hybridized carbons (Fsp3) is 0.662. The number of rotatable bonds is 10. The minimum atomic E-state index is -5.42. The number of nitrogens with zero attached hydrogens (tertiary/aromatic N) is 9. The Balaban J connectivity index is 1.31. The molecule has 5 aliphatic rings. The first-order valence-corrected chi connectivity index (χ1v) is 35.3. The van der Waals surface area contributed by atoms with Crippen LogP contribution < -0.4 is 16.0 Å². The maximum absolute atomic E-state index is 15.6. The predicted molar refractivity (Wildman–Crippen MR) is 359 cm³/mol. The number of fused-ring (bicyclic) bond motifs is 1. The van der Waals surface area contributed by atoms with Crippen LogP contribution in [-0.2, 0) is 76.6 Å². The summed E-state index contributed by atoms with van der Waals surface area (Å²) in [6.07, 6.45) is -9.58. The summed E-state index contributed by atoms with van der Waals surface area (Å²) in [7, 11) is 8.41. The molecule has 1 unspecified atom stereocenters. The first-order chi connectivity index (χ1) is 48.3. The van der Waals surface area contributed by atoms with Crippen molar-refractivity contribution < 1.29 is 92.7 Å². The van der Waals surface area contributed by atoms with E-state index in [-0.39, 0.29) is 63.7 Å². The summed E-state index contributed by atoms with van der Waals surface area (Å²) in [5.41, 5.74) is -2.86. The van der Waals surface area contributed by atoms with Gasteiger partial charge in [0.15, 0.2) is 0 Å². The second-order valence-corrected chi connectivity index (χ2v) is 28.6. The maximum atomic E-state index is 15.6. The highest BCUT2D eigenvalue weighted by Gasteiger charge is 2.52. The minimum Gasteiger partial charge on any atom is -0.343 e. The molecule has 12 amide bonds. The van der Waals surface area contributed by atoms with Gasteiger partial charge in [-0.2, -0.15) is 26.3 Å². The number of halogens is 8. The molecule has 2 aromatic carbocycles. The van der Waals surface area contributed by atoms with Crippen LogP contribution in [0.5, 0.6) is 0 Å². The molecule has 2 aromatic rings. The van der Waals surface area contributed by atoms with Gasteiger partial charge in [-0.1, -0.05) is 82.2 Å². The van der Waals surface area contributed by atoms with E-state index in [1.807, 2.05) is 6.92 Å². The van der Waals surface area contributed by atoms with Gasteiger partial charge in [-0.3, -0.25) is 57.5 Å². The van der Waals surface area contributed by atoms with Gasteiger partial charge in [-0.05, 0) is 106 Å². The number of nitrogens with one attached hydrogen (secondary N) is 3. The quantitative estimate of drug-likeness (QED) is 0.261. The van der Waals surface area contributed by atoms with E-state index in [1.54, 1.807) is 31.2 Å². The van der Waals surface area contributed by atoms with E-state index in [4.69, 9.17) is 0 Å². The van der Waals surface area contributed by atoms with Crippen molar-refractivity contribution in [1.82, 2.24) is 60.0 Å². The maximum Gasteiger partial charge on any atom is 0.422 e. The summed E-state index contributed by atoms with van der Waals surface area (Å²) in [5, 5.41) is 7.90. The van der Waals surface area contributed by atoms with E-state index >= 15 is 28.0 Å². The van der Waals surface area contributed by atoms with Gasteiger partial charge in [0, 0.05) is 75.4 Å². The number of aryl methyl sites for hydroxylation is 2. The van der Waals surface area contributed by atoms with Crippen molar-refractivity contribution in [3.63, 3.8) is 0 Å². The molecule has 0 bridgehead atoms. The predicted octanol–water partition coefficient (Wildman–Crippen LogP) is 5.15. The van der Waals surface area contributed by atoms with Crippen LogP contribution in [0.2, 0.25) is 0 Å². The summed E-state index contributed by atoms with van der Waals surface area (Å²) in [6, 6.07) is -3.82. The Bertz CT molecular complexity index is 3430. The summed E-state index contributed by atoms with van der Waals surface area (Å²) in [4.78, 5) is 187. The third-order valence-corrected chi connectivity index (χ3v) is 21.1. The molecule has 2 aliphatic carbocycles. The fourth-order valence-corrected chi connectivity index (χ4v) is 14.7. The molecule has 32 heteroatoms. The average Bonchev–Trinajstić information content (AvgIpc) is 1.75. The average molecular weight is 1460 g/mol. The second-order valence-electron chi connectivity index (χ2n) is 28.6. The number of carbonyl (C=O) groups excluding carboxylic acids is 12. The monoisotopic (exact) mass is 1460 g/mol. The van der Waals surface area contributed by atoms with Gasteiger partial charge in [0.25, 0.3) is 0 Å². The highest BCUT2D eigenvalue weighted by molar-refractivity contribution is 6.01. The van der Waals surface area contributed by atoms with Gasteiger partial charge in [-0.25, -0.2) is 8.78 Å². The van der Waals surface area contributed by atoms with Crippen molar-refractivity contribution in [1.29, 1.82) is 0 Å². The molecule has 24 nitrogen and oxygen atoms in total. The molecule has 3 saturated heterocycles. The Hall–Kier alpha value is -8.48. The van der Waals surface area contributed by atoms with Crippen LogP contribution in [0.3, 0.4) is 0 Å². The van der Waals surface area contributed by atoms with Crippen molar-refractivity contribution in [2.24, 2.45) is 11.8 Å². The van der Waals surface area contributed by atoms with Gasteiger partial charge >= 0.3 is 12.4 Å². The smallest absolute Gasteiger partial charge is 0.343 e. The number of amides is 12. The number of alkyl halides is 6. The van der Waals surface area contributed by atoms with Crippen molar-refractivity contribution in [2.75, 3.05) is 88.6 Å². The zero-order valence-electron chi connectivity index (χ0n) is 60.3. The number of hydrogen-bond acceptors (Lipinski definition) is 12. The van der Waals surface area contributed by atoms with Crippen molar-refractivity contribution in [3.8, 4) is 0 Å². The summed E-state index contributed by atoms with van der Waals surface area (Å²) in [6.45, 7) is 2.91. The Morgan fingerprint density at radius 2 is 1.18 bits per heavy atom. The van der Waals surface area contributed by atoms with Crippen LogP contribution in [0.4, 0.5) is 35.1 Å². The molecular weight excluding hydrogens is 1360 g/mol. The summed E-state index contributed by atoms with van der Waals surface area (Å²) < 4.78 is 116. The Kier molecular flexibility index (Phi) is 27.7. The number of likely N-dealkylation sites (tertiary alicyclic amines) is 1. The third-order valence-electron chi connectivity index (χ3n) is 21.1. The minimum absolute atomic E-state index is 0.00523. The number of likely N-dealkylation sites (N-methyl/N-ethyl adjacent to an activating group) is 7. The summed E-state index contributed by atoms with van der Waals surface area (Å²) >= 11 is 0. The lowest BCUT2D eigenvalue weighted by Crippen LogP contribution is -2.65. The molecule has 1 spiro atoms. The molecule has 2 saturated carbocycles. The van der Waals surface area contributed by atoms with Crippen LogP contribution >= 0.6 is 0 Å². The van der Waals surface area contributed by atoms with Gasteiger partial charge in [0.2, 0.25) is 70.9 Å². The van der Waals surface area contributed by atoms with Crippen LogP contribution in [0.25, 0.3) is 0 Å². The van der Waals surface area contributed by atoms with E-state index in [0.29, 0.717) is 74.0 Å². The number of hydrogen-bond donors (Lipinski definition) is 3. The Morgan fingerprint density at radius 3 is 1.77 bits per heavy atom. The SMILES string of the molecule is CC[C@H](C)[C@@H]1NC(=O)[C@H](CC(F)(F)F)N(C)C(=O)C[C@@H](C(=O)N2CCCC2)N(C)C(=O)[C@H](C2CCCCC2)N(C)C(=O)C2(CCCC2)NC(=O)C2CCCN2C(=O)[C@H](CCc2cc(F)c(C(F)(F)F)c(F)c2)NC(=O)CN(C)C(=O)[C@H](Cc2ccc(C)cc2)N(C)C(=O)CN(C)C(=O)CN(C)C1=O. The van der Waals surface area contributed by atoms with Gasteiger partial charge in [0.05, 0.1) is 32.5 Å². The Morgan fingerprint density at radius 1 is 0.602 bits per heavy atom. The van der Waals surface area contributed by atoms with E-state index in [0.717, 1.165) is 48.4 Å². The van der Waals surface area contributed by atoms with Crippen LogP contribution in [-0.4, -0.2) is 258 Å². The molecule has 8 atom stereocenters. The highest BCUT2D eigenvalue weighted by atomic mass is 19.4. The molecular formula is C71H98F8N12O12. The van der Waals surface area contributed by atoms with Crippen molar-refractivity contribution in [3.05, 3.63) is 70.3 Å². The Labute approximate surface area is 595 Å². The van der Waals surface area contributed by atoms with E-state index in [1.165, 1.54) is 59.0 Å².